The molecule has 1 spiro atoms. The third-order valence-corrected chi connectivity index (χ3v) is 5.76. The van der Waals surface area contributed by atoms with E-state index in [2.05, 4.69) is 31.0 Å². The number of rotatable bonds is 2. The van der Waals surface area contributed by atoms with Crippen molar-refractivity contribution in [3.8, 4) is 0 Å². The Bertz CT molecular complexity index is 373. The quantitative estimate of drug-likeness (QED) is 0.840. The van der Waals surface area contributed by atoms with Gasteiger partial charge in [0.25, 0.3) is 0 Å². The molecule has 20 heavy (non-hydrogen) atoms. The molecule has 1 saturated heterocycles. The standard InChI is InChI=1S/C17H30N2O/c1-12(2)15-18-17(9-4-5-10-17)16(20)19(15)14-8-6-7-13(3)11-14/h12-15,18H,4-11H2,1-3H3. The zero-order valence-electron chi connectivity index (χ0n) is 13.3. The summed E-state index contributed by atoms with van der Waals surface area (Å²) in [4.78, 5) is 15.4. The molecule has 0 aromatic heterocycles. The Hall–Kier alpha value is -0.570. The summed E-state index contributed by atoms with van der Waals surface area (Å²) in [6.07, 6.45) is 9.80. The third-order valence-electron chi connectivity index (χ3n) is 5.76. The predicted molar refractivity (Wildman–Crippen MR) is 81.2 cm³/mol. The van der Waals surface area contributed by atoms with E-state index in [-0.39, 0.29) is 11.7 Å². The fourth-order valence-corrected chi connectivity index (χ4v) is 4.66. The molecule has 1 heterocycles. The highest BCUT2D eigenvalue weighted by Gasteiger charge is 2.54. The molecule has 0 bridgehead atoms. The number of nitrogens with one attached hydrogen (secondary N) is 1. The Balaban J connectivity index is 1.84. The fourth-order valence-electron chi connectivity index (χ4n) is 4.66. The molecule has 0 aromatic rings. The van der Waals surface area contributed by atoms with Gasteiger partial charge in [-0.05, 0) is 37.5 Å². The molecule has 3 rings (SSSR count). The first-order valence-electron chi connectivity index (χ1n) is 8.64. The highest BCUT2D eigenvalue weighted by molar-refractivity contribution is 5.89. The van der Waals surface area contributed by atoms with Crippen LogP contribution in [0.1, 0.15) is 72.1 Å². The van der Waals surface area contributed by atoms with E-state index in [1.165, 1.54) is 38.5 Å². The predicted octanol–water partition coefficient (Wildman–Crippen LogP) is 3.29. The van der Waals surface area contributed by atoms with Crippen LogP contribution < -0.4 is 5.32 Å². The lowest BCUT2D eigenvalue weighted by Crippen LogP contribution is -2.48. The van der Waals surface area contributed by atoms with E-state index in [0.29, 0.717) is 17.9 Å². The molecule has 1 amide bonds. The number of carbonyl (C=O) groups excluding carboxylic acids is 1. The van der Waals surface area contributed by atoms with E-state index in [4.69, 9.17) is 0 Å². The van der Waals surface area contributed by atoms with Crippen molar-refractivity contribution < 1.29 is 4.79 Å². The lowest BCUT2D eigenvalue weighted by atomic mass is 9.85. The first-order chi connectivity index (χ1) is 9.53. The van der Waals surface area contributed by atoms with Crippen LogP contribution in [-0.4, -0.2) is 28.6 Å². The van der Waals surface area contributed by atoms with Crippen LogP contribution in [0.2, 0.25) is 0 Å². The molecule has 1 aliphatic heterocycles. The molecule has 3 heteroatoms. The third kappa shape index (κ3) is 2.28. The van der Waals surface area contributed by atoms with E-state index < -0.39 is 0 Å². The molecule has 3 aliphatic rings. The molecule has 0 aromatic carbocycles. The van der Waals surface area contributed by atoms with E-state index in [0.717, 1.165) is 18.8 Å². The number of carbonyl (C=O) groups is 1. The molecule has 114 valence electrons. The molecule has 2 saturated carbocycles. The van der Waals surface area contributed by atoms with E-state index in [1.54, 1.807) is 0 Å². The minimum Gasteiger partial charge on any atom is -0.322 e. The van der Waals surface area contributed by atoms with Gasteiger partial charge in [0.05, 0.1) is 11.7 Å². The van der Waals surface area contributed by atoms with Gasteiger partial charge in [-0.1, -0.05) is 46.5 Å². The smallest absolute Gasteiger partial charge is 0.244 e. The molecule has 2 aliphatic carbocycles. The van der Waals surface area contributed by atoms with Crippen molar-refractivity contribution in [1.29, 1.82) is 0 Å². The second-order valence-electron chi connectivity index (χ2n) is 7.76. The fraction of sp³-hybridized carbons (Fsp3) is 0.941. The van der Waals surface area contributed by atoms with Gasteiger partial charge in [0, 0.05) is 6.04 Å². The molecule has 3 fully saturated rings. The highest BCUT2D eigenvalue weighted by atomic mass is 16.2. The Morgan fingerprint density at radius 2 is 1.90 bits per heavy atom. The van der Waals surface area contributed by atoms with E-state index in [1.807, 2.05) is 0 Å². The van der Waals surface area contributed by atoms with Crippen LogP contribution in [0.3, 0.4) is 0 Å². The van der Waals surface area contributed by atoms with Crippen molar-refractivity contribution in [1.82, 2.24) is 10.2 Å². The summed E-state index contributed by atoms with van der Waals surface area (Å²) < 4.78 is 0. The molecular formula is C17H30N2O. The van der Waals surface area contributed by atoms with Crippen molar-refractivity contribution in [2.24, 2.45) is 11.8 Å². The normalized spacial score (nSPS) is 37.3. The van der Waals surface area contributed by atoms with Crippen molar-refractivity contribution >= 4 is 5.91 Å². The van der Waals surface area contributed by atoms with Crippen molar-refractivity contribution in [2.75, 3.05) is 0 Å². The summed E-state index contributed by atoms with van der Waals surface area (Å²) in [6.45, 7) is 6.84. The number of hydrogen-bond donors (Lipinski definition) is 1. The maximum Gasteiger partial charge on any atom is 0.244 e. The van der Waals surface area contributed by atoms with Gasteiger partial charge >= 0.3 is 0 Å². The lowest BCUT2D eigenvalue weighted by molar-refractivity contribution is -0.136. The van der Waals surface area contributed by atoms with Gasteiger partial charge in [-0.15, -0.1) is 0 Å². The average Bonchev–Trinajstić information content (AvgIpc) is 2.98. The topological polar surface area (TPSA) is 32.3 Å². The first kappa shape index (κ1) is 14.4. The van der Waals surface area contributed by atoms with Crippen LogP contribution in [0.5, 0.6) is 0 Å². The molecule has 0 radical (unpaired) electrons. The molecular weight excluding hydrogens is 248 g/mol. The van der Waals surface area contributed by atoms with Crippen LogP contribution >= 0.6 is 0 Å². The Labute approximate surface area is 123 Å². The number of amides is 1. The van der Waals surface area contributed by atoms with Gasteiger partial charge in [0.15, 0.2) is 0 Å². The van der Waals surface area contributed by atoms with Crippen LogP contribution in [0, 0.1) is 11.8 Å². The lowest BCUT2D eigenvalue weighted by Gasteiger charge is -2.38. The number of nitrogens with zero attached hydrogens (tertiary/aromatic N) is 1. The van der Waals surface area contributed by atoms with Gasteiger partial charge in [-0.3, -0.25) is 10.1 Å². The monoisotopic (exact) mass is 278 g/mol. The minimum absolute atomic E-state index is 0.199. The van der Waals surface area contributed by atoms with Gasteiger partial charge < -0.3 is 4.90 Å². The summed E-state index contributed by atoms with van der Waals surface area (Å²) in [5, 5.41) is 3.75. The van der Waals surface area contributed by atoms with Crippen molar-refractivity contribution in [3.63, 3.8) is 0 Å². The SMILES string of the molecule is CC1CCCC(N2C(=O)C3(CCCC3)NC2C(C)C)C1. The minimum atomic E-state index is -0.199. The zero-order valence-corrected chi connectivity index (χ0v) is 13.3. The van der Waals surface area contributed by atoms with Crippen LogP contribution in [0.4, 0.5) is 0 Å². The van der Waals surface area contributed by atoms with E-state index >= 15 is 0 Å². The van der Waals surface area contributed by atoms with Crippen molar-refractivity contribution in [3.05, 3.63) is 0 Å². The molecule has 3 nitrogen and oxygen atoms in total. The first-order valence-corrected chi connectivity index (χ1v) is 8.64. The van der Waals surface area contributed by atoms with E-state index in [9.17, 15) is 4.79 Å². The van der Waals surface area contributed by atoms with Crippen LogP contribution in [0.25, 0.3) is 0 Å². The van der Waals surface area contributed by atoms with Gasteiger partial charge in [0.1, 0.15) is 0 Å². The van der Waals surface area contributed by atoms with Crippen LogP contribution in [0.15, 0.2) is 0 Å². The van der Waals surface area contributed by atoms with Crippen molar-refractivity contribution in [2.45, 2.75) is 89.9 Å². The summed E-state index contributed by atoms with van der Waals surface area (Å²) in [5.41, 5.74) is -0.199. The average molecular weight is 278 g/mol. The zero-order chi connectivity index (χ0) is 14.3. The second-order valence-corrected chi connectivity index (χ2v) is 7.76. The maximum absolute atomic E-state index is 13.1. The van der Waals surface area contributed by atoms with Crippen LogP contribution in [-0.2, 0) is 4.79 Å². The summed E-state index contributed by atoms with van der Waals surface area (Å²) in [7, 11) is 0. The van der Waals surface area contributed by atoms with Gasteiger partial charge in [-0.2, -0.15) is 0 Å². The largest absolute Gasteiger partial charge is 0.322 e. The van der Waals surface area contributed by atoms with Gasteiger partial charge in [-0.25, -0.2) is 0 Å². The summed E-state index contributed by atoms with van der Waals surface area (Å²) in [5.74, 6) is 1.69. The Morgan fingerprint density at radius 3 is 2.50 bits per heavy atom. The molecule has 1 N–H and O–H groups in total. The van der Waals surface area contributed by atoms with Gasteiger partial charge in [0.2, 0.25) is 5.91 Å². The molecule has 3 atom stereocenters. The second kappa shape index (κ2) is 5.32. The maximum atomic E-state index is 13.1. The summed E-state index contributed by atoms with van der Waals surface area (Å²) >= 11 is 0. The summed E-state index contributed by atoms with van der Waals surface area (Å²) in [6, 6.07) is 0.478. The Kier molecular flexibility index (Phi) is 3.83. The highest BCUT2D eigenvalue weighted by Crippen LogP contribution is 2.41. The number of hydrogen-bond acceptors (Lipinski definition) is 2. The Morgan fingerprint density at radius 1 is 1.20 bits per heavy atom. The molecule has 3 unspecified atom stereocenters.